The van der Waals surface area contributed by atoms with Crippen molar-refractivity contribution in [3.63, 3.8) is 0 Å². The van der Waals surface area contributed by atoms with Crippen LogP contribution in [-0.2, 0) is 0 Å². The van der Waals surface area contributed by atoms with Gasteiger partial charge < -0.3 is 9.80 Å². The van der Waals surface area contributed by atoms with E-state index in [1.165, 1.54) is 0 Å². The third-order valence-electron chi connectivity index (χ3n) is 4.50. The Bertz CT molecular complexity index is 495. The third kappa shape index (κ3) is 2.65. The Labute approximate surface area is 121 Å². The first-order valence-electron chi connectivity index (χ1n) is 7.46. The highest BCUT2D eigenvalue weighted by molar-refractivity contribution is 5.15. The number of rotatable bonds is 2. The summed E-state index contributed by atoms with van der Waals surface area (Å²) in [7, 11) is 0. The Morgan fingerprint density at radius 3 is 2.05 bits per heavy atom. The highest BCUT2D eigenvalue weighted by atomic mass is 15.2. The molecule has 0 saturated heterocycles. The van der Waals surface area contributed by atoms with E-state index >= 15 is 0 Å². The van der Waals surface area contributed by atoms with E-state index in [0.29, 0.717) is 12.1 Å². The predicted molar refractivity (Wildman–Crippen MR) is 80.5 cm³/mol. The summed E-state index contributed by atoms with van der Waals surface area (Å²) < 4.78 is 0. The van der Waals surface area contributed by atoms with Crippen LogP contribution in [0.3, 0.4) is 0 Å². The molecule has 1 fully saturated rings. The van der Waals surface area contributed by atoms with Gasteiger partial charge in [0.25, 0.3) is 0 Å². The molecule has 3 aliphatic rings. The Hall–Kier alpha value is -1.95. The van der Waals surface area contributed by atoms with E-state index in [4.69, 9.17) is 0 Å². The predicted octanol–water partition coefficient (Wildman–Crippen LogP) is 2.82. The van der Waals surface area contributed by atoms with Gasteiger partial charge in [0.15, 0.2) is 0 Å². The number of hydrogen-bond donors (Lipinski definition) is 0. The average molecular weight is 267 g/mol. The molecule has 1 aliphatic carbocycles. The van der Waals surface area contributed by atoms with Gasteiger partial charge in [-0.1, -0.05) is 24.3 Å². The molecule has 0 bridgehead atoms. The first-order chi connectivity index (χ1) is 9.88. The maximum absolute atomic E-state index is 9.26. The minimum atomic E-state index is 0.208. The van der Waals surface area contributed by atoms with Crippen molar-refractivity contribution in [3.05, 3.63) is 48.9 Å². The van der Waals surface area contributed by atoms with Crippen LogP contribution in [0, 0.1) is 17.2 Å². The number of allylic oxidation sites excluding steroid dienone is 4. The molecule has 3 nitrogen and oxygen atoms in total. The van der Waals surface area contributed by atoms with Gasteiger partial charge >= 0.3 is 0 Å². The van der Waals surface area contributed by atoms with Crippen molar-refractivity contribution >= 4 is 0 Å². The third-order valence-corrected chi connectivity index (χ3v) is 4.50. The number of hydrogen-bond acceptors (Lipinski definition) is 3. The molecule has 2 heterocycles. The van der Waals surface area contributed by atoms with Gasteiger partial charge in [-0.3, -0.25) is 0 Å². The van der Waals surface area contributed by atoms with Gasteiger partial charge in [0.1, 0.15) is 0 Å². The van der Waals surface area contributed by atoms with E-state index in [1.54, 1.807) is 0 Å². The lowest BCUT2D eigenvalue weighted by molar-refractivity contribution is 0.101. The summed E-state index contributed by atoms with van der Waals surface area (Å²) in [6.45, 7) is 1.95. The summed E-state index contributed by atoms with van der Waals surface area (Å²) in [6, 6.07) is 3.42. The van der Waals surface area contributed by atoms with Crippen molar-refractivity contribution in [1.29, 1.82) is 5.26 Å². The molecule has 0 spiro atoms. The fraction of sp³-hybridized carbons (Fsp3) is 0.471. The Balaban J connectivity index is 1.77. The minimum absolute atomic E-state index is 0.208. The van der Waals surface area contributed by atoms with E-state index in [1.807, 2.05) is 0 Å². The molecule has 104 valence electrons. The number of nitriles is 1. The normalized spacial score (nSPS) is 32.5. The molecule has 0 aromatic heterocycles. The molecule has 3 rings (SSSR count). The summed E-state index contributed by atoms with van der Waals surface area (Å²) in [4.78, 5) is 4.84. The molecule has 0 N–H and O–H groups in total. The number of nitrogens with zero attached hydrogens (tertiary/aromatic N) is 3. The zero-order valence-corrected chi connectivity index (χ0v) is 11.7. The summed E-state index contributed by atoms with van der Waals surface area (Å²) in [5, 5.41) is 9.26. The molecule has 20 heavy (non-hydrogen) atoms. The SMILES string of the molecule is N#CC1CCC(N2C=CC=CC2)C(N2C=CC=CC2)C1. The van der Waals surface area contributed by atoms with Gasteiger partial charge in [0, 0.05) is 25.0 Å². The van der Waals surface area contributed by atoms with Crippen molar-refractivity contribution < 1.29 is 0 Å². The highest BCUT2D eigenvalue weighted by Gasteiger charge is 2.36. The van der Waals surface area contributed by atoms with E-state index < -0.39 is 0 Å². The van der Waals surface area contributed by atoms with E-state index in [0.717, 1.165) is 32.4 Å². The van der Waals surface area contributed by atoms with Gasteiger partial charge in [-0.05, 0) is 43.8 Å². The Morgan fingerprint density at radius 2 is 1.50 bits per heavy atom. The molecular weight excluding hydrogens is 246 g/mol. The van der Waals surface area contributed by atoms with E-state index in [-0.39, 0.29) is 5.92 Å². The van der Waals surface area contributed by atoms with Crippen LogP contribution in [0.2, 0.25) is 0 Å². The molecule has 0 aromatic rings. The maximum Gasteiger partial charge on any atom is 0.0656 e. The topological polar surface area (TPSA) is 30.3 Å². The second-order valence-electron chi connectivity index (χ2n) is 5.71. The first-order valence-corrected chi connectivity index (χ1v) is 7.46. The lowest BCUT2D eigenvalue weighted by atomic mass is 9.81. The standard InChI is InChI=1S/C17H21N3/c18-14-15-7-8-16(19-9-3-1-4-10-19)17(13-15)20-11-5-2-6-12-20/h1-6,9,11,15-17H,7-8,10,12-13H2. The zero-order chi connectivity index (χ0) is 13.8. The first kappa shape index (κ1) is 13.1. The molecule has 0 amide bonds. The van der Waals surface area contributed by atoms with Crippen LogP contribution in [0.4, 0.5) is 0 Å². The zero-order valence-electron chi connectivity index (χ0n) is 11.7. The Morgan fingerprint density at radius 1 is 0.850 bits per heavy atom. The van der Waals surface area contributed by atoms with Crippen LogP contribution in [0.15, 0.2) is 48.9 Å². The summed E-state index contributed by atoms with van der Waals surface area (Å²) in [6.07, 6.45) is 20.3. The molecule has 0 radical (unpaired) electrons. The van der Waals surface area contributed by atoms with Gasteiger partial charge in [-0.15, -0.1) is 0 Å². The second-order valence-corrected chi connectivity index (χ2v) is 5.71. The molecule has 2 aliphatic heterocycles. The lowest BCUT2D eigenvalue weighted by Crippen LogP contribution is -2.52. The smallest absolute Gasteiger partial charge is 0.0656 e. The van der Waals surface area contributed by atoms with Gasteiger partial charge in [0.05, 0.1) is 12.1 Å². The fourth-order valence-electron chi connectivity index (χ4n) is 3.45. The van der Waals surface area contributed by atoms with E-state index in [2.05, 4.69) is 64.7 Å². The van der Waals surface area contributed by atoms with Gasteiger partial charge in [-0.25, -0.2) is 0 Å². The van der Waals surface area contributed by atoms with Gasteiger partial charge in [-0.2, -0.15) is 5.26 Å². The van der Waals surface area contributed by atoms with Crippen molar-refractivity contribution in [2.45, 2.75) is 31.3 Å². The molecule has 3 heteroatoms. The molecule has 3 atom stereocenters. The van der Waals surface area contributed by atoms with Crippen LogP contribution >= 0.6 is 0 Å². The maximum atomic E-state index is 9.26. The lowest BCUT2D eigenvalue weighted by Gasteiger charge is -2.46. The molecular formula is C17H21N3. The van der Waals surface area contributed by atoms with Gasteiger partial charge in [0.2, 0.25) is 0 Å². The van der Waals surface area contributed by atoms with Crippen molar-refractivity contribution in [2.24, 2.45) is 5.92 Å². The molecule has 0 aromatic carbocycles. The highest BCUT2D eigenvalue weighted by Crippen LogP contribution is 2.32. The van der Waals surface area contributed by atoms with Crippen molar-refractivity contribution in [1.82, 2.24) is 9.80 Å². The monoisotopic (exact) mass is 267 g/mol. The average Bonchev–Trinajstić information content (AvgIpc) is 2.56. The van der Waals surface area contributed by atoms with Crippen LogP contribution < -0.4 is 0 Å². The van der Waals surface area contributed by atoms with Crippen molar-refractivity contribution in [3.8, 4) is 6.07 Å². The molecule has 3 unspecified atom stereocenters. The fourth-order valence-corrected chi connectivity index (χ4v) is 3.45. The van der Waals surface area contributed by atoms with E-state index in [9.17, 15) is 5.26 Å². The second kappa shape index (κ2) is 6.00. The van der Waals surface area contributed by atoms with Crippen LogP contribution in [0.25, 0.3) is 0 Å². The quantitative estimate of drug-likeness (QED) is 0.770. The summed E-state index contributed by atoms with van der Waals surface area (Å²) in [5.41, 5.74) is 0. The van der Waals surface area contributed by atoms with Crippen LogP contribution in [0.5, 0.6) is 0 Å². The molecule has 1 saturated carbocycles. The van der Waals surface area contributed by atoms with Crippen LogP contribution in [-0.4, -0.2) is 35.0 Å². The Kier molecular flexibility index (Phi) is 3.92. The summed E-state index contributed by atoms with van der Waals surface area (Å²) >= 11 is 0. The summed E-state index contributed by atoms with van der Waals surface area (Å²) in [5.74, 6) is 0.208. The van der Waals surface area contributed by atoms with Crippen LogP contribution in [0.1, 0.15) is 19.3 Å². The largest absolute Gasteiger partial charge is 0.369 e. The van der Waals surface area contributed by atoms with Crippen molar-refractivity contribution in [2.75, 3.05) is 13.1 Å². The minimum Gasteiger partial charge on any atom is -0.369 e.